The molecule has 2 aliphatic heterocycles. The molecule has 7 heteroatoms. The SMILES string of the molecule is CC(C)Cn1cnc2cc(C(=O)NC3CCOC4(CCOCC4)C3)cnc21. The maximum absolute atomic E-state index is 12.8. The van der Waals surface area contributed by atoms with Gasteiger partial charge in [-0.15, -0.1) is 0 Å². The summed E-state index contributed by atoms with van der Waals surface area (Å²) in [6, 6.07) is 1.96. The Morgan fingerprint density at radius 2 is 2.15 bits per heavy atom. The van der Waals surface area contributed by atoms with Gasteiger partial charge in [0, 0.05) is 38.6 Å². The zero-order chi connectivity index (χ0) is 18.9. The summed E-state index contributed by atoms with van der Waals surface area (Å²) in [5.74, 6) is 0.426. The molecule has 1 N–H and O–H groups in total. The average molecular weight is 372 g/mol. The zero-order valence-electron chi connectivity index (χ0n) is 16.1. The number of carbonyl (C=O) groups is 1. The summed E-state index contributed by atoms with van der Waals surface area (Å²) >= 11 is 0. The number of rotatable bonds is 4. The van der Waals surface area contributed by atoms with Crippen molar-refractivity contribution in [3.63, 3.8) is 0 Å². The molecule has 2 saturated heterocycles. The van der Waals surface area contributed by atoms with Crippen LogP contribution in [0.3, 0.4) is 0 Å². The molecule has 4 rings (SSSR count). The smallest absolute Gasteiger partial charge is 0.253 e. The van der Waals surface area contributed by atoms with Crippen LogP contribution in [0.4, 0.5) is 0 Å². The molecule has 1 unspecified atom stereocenters. The van der Waals surface area contributed by atoms with E-state index < -0.39 is 0 Å². The third-order valence-electron chi connectivity index (χ3n) is 5.51. The first kappa shape index (κ1) is 18.4. The number of pyridine rings is 1. The van der Waals surface area contributed by atoms with Gasteiger partial charge in [-0.2, -0.15) is 0 Å². The van der Waals surface area contributed by atoms with Gasteiger partial charge < -0.3 is 19.4 Å². The Morgan fingerprint density at radius 3 is 2.93 bits per heavy atom. The Balaban J connectivity index is 1.44. The summed E-state index contributed by atoms with van der Waals surface area (Å²) < 4.78 is 13.6. The van der Waals surface area contributed by atoms with E-state index >= 15 is 0 Å². The molecule has 1 amide bonds. The lowest BCUT2D eigenvalue weighted by atomic mass is 9.84. The van der Waals surface area contributed by atoms with Gasteiger partial charge in [-0.25, -0.2) is 9.97 Å². The fourth-order valence-electron chi connectivity index (χ4n) is 4.11. The van der Waals surface area contributed by atoms with Gasteiger partial charge in [0.05, 0.1) is 17.5 Å². The highest BCUT2D eigenvalue weighted by Crippen LogP contribution is 2.34. The van der Waals surface area contributed by atoms with Crippen LogP contribution in [-0.2, 0) is 16.0 Å². The van der Waals surface area contributed by atoms with Crippen LogP contribution in [0.15, 0.2) is 18.6 Å². The van der Waals surface area contributed by atoms with E-state index in [-0.39, 0.29) is 17.6 Å². The third kappa shape index (κ3) is 3.99. The van der Waals surface area contributed by atoms with Gasteiger partial charge in [-0.3, -0.25) is 4.79 Å². The van der Waals surface area contributed by atoms with E-state index in [0.717, 1.165) is 56.6 Å². The van der Waals surface area contributed by atoms with Crippen molar-refractivity contribution in [3.05, 3.63) is 24.2 Å². The molecule has 2 aliphatic rings. The largest absolute Gasteiger partial charge is 0.381 e. The van der Waals surface area contributed by atoms with Gasteiger partial charge >= 0.3 is 0 Å². The quantitative estimate of drug-likeness (QED) is 0.892. The molecule has 4 heterocycles. The molecule has 0 saturated carbocycles. The number of aromatic nitrogens is 3. The van der Waals surface area contributed by atoms with E-state index in [1.807, 2.05) is 10.6 Å². The lowest BCUT2D eigenvalue weighted by Crippen LogP contribution is -2.51. The molecular weight excluding hydrogens is 344 g/mol. The van der Waals surface area contributed by atoms with E-state index in [1.54, 1.807) is 12.5 Å². The first-order chi connectivity index (χ1) is 13.0. The van der Waals surface area contributed by atoms with Gasteiger partial charge in [0.2, 0.25) is 0 Å². The van der Waals surface area contributed by atoms with Crippen LogP contribution in [-0.4, -0.2) is 51.9 Å². The standard InChI is InChI=1S/C20H28N4O3/c1-14(2)12-24-13-22-17-9-15(11-21-18(17)24)19(25)23-16-3-6-27-20(10-16)4-7-26-8-5-20/h9,11,13-14,16H,3-8,10,12H2,1-2H3,(H,23,25). The number of ether oxygens (including phenoxy) is 2. The van der Waals surface area contributed by atoms with E-state index in [2.05, 4.69) is 29.1 Å². The maximum Gasteiger partial charge on any atom is 0.253 e. The molecule has 0 radical (unpaired) electrons. The molecule has 1 spiro atoms. The van der Waals surface area contributed by atoms with Gasteiger partial charge in [-0.1, -0.05) is 13.8 Å². The van der Waals surface area contributed by atoms with Gasteiger partial charge in [0.1, 0.15) is 5.52 Å². The predicted octanol–water partition coefficient (Wildman–Crippen LogP) is 2.55. The minimum atomic E-state index is -0.133. The van der Waals surface area contributed by atoms with Gasteiger partial charge in [0.15, 0.2) is 5.65 Å². The molecule has 2 fully saturated rings. The number of fused-ring (bicyclic) bond motifs is 1. The molecule has 1 atom stereocenters. The fourth-order valence-corrected chi connectivity index (χ4v) is 4.11. The molecule has 27 heavy (non-hydrogen) atoms. The van der Waals surface area contributed by atoms with Crippen LogP contribution >= 0.6 is 0 Å². The average Bonchev–Trinajstić information content (AvgIpc) is 3.04. The minimum Gasteiger partial charge on any atom is -0.381 e. The summed E-state index contributed by atoms with van der Waals surface area (Å²) in [5, 5.41) is 3.18. The Bertz CT molecular complexity index is 805. The second-order valence-corrected chi connectivity index (χ2v) is 8.16. The van der Waals surface area contributed by atoms with Crippen LogP contribution in [0.2, 0.25) is 0 Å². The number of hydrogen-bond acceptors (Lipinski definition) is 5. The van der Waals surface area contributed by atoms with E-state index in [0.29, 0.717) is 18.1 Å². The summed E-state index contributed by atoms with van der Waals surface area (Å²) in [4.78, 5) is 21.7. The third-order valence-corrected chi connectivity index (χ3v) is 5.51. The van der Waals surface area contributed by atoms with E-state index in [1.165, 1.54) is 0 Å². The number of nitrogens with zero attached hydrogens (tertiary/aromatic N) is 3. The van der Waals surface area contributed by atoms with Gasteiger partial charge in [0.25, 0.3) is 5.91 Å². The van der Waals surface area contributed by atoms with E-state index in [9.17, 15) is 4.79 Å². The van der Waals surface area contributed by atoms with Crippen molar-refractivity contribution in [1.29, 1.82) is 0 Å². The molecule has 7 nitrogen and oxygen atoms in total. The number of nitrogens with one attached hydrogen (secondary N) is 1. The van der Waals surface area contributed by atoms with Crippen LogP contribution in [0, 0.1) is 5.92 Å². The lowest BCUT2D eigenvalue weighted by molar-refractivity contribution is -0.139. The van der Waals surface area contributed by atoms with Crippen molar-refractivity contribution in [2.75, 3.05) is 19.8 Å². The second kappa shape index (κ2) is 7.56. The topological polar surface area (TPSA) is 78.3 Å². The molecular formula is C20H28N4O3. The molecule has 0 bridgehead atoms. The molecule has 2 aromatic rings. The predicted molar refractivity (Wildman–Crippen MR) is 102 cm³/mol. The zero-order valence-corrected chi connectivity index (χ0v) is 16.1. The fraction of sp³-hybridized carbons (Fsp3) is 0.650. The van der Waals surface area contributed by atoms with Crippen molar-refractivity contribution in [2.24, 2.45) is 5.92 Å². The van der Waals surface area contributed by atoms with Crippen molar-refractivity contribution < 1.29 is 14.3 Å². The van der Waals surface area contributed by atoms with Crippen LogP contribution in [0.25, 0.3) is 11.2 Å². The van der Waals surface area contributed by atoms with Gasteiger partial charge in [-0.05, 0) is 37.7 Å². The Hall–Kier alpha value is -1.99. The number of carbonyl (C=O) groups excluding carboxylic acids is 1. The molecule has 0 aromatic carbocycles. The Kier molecular flexibility index (Phi) is 5.14. The Labute approximate surface area is 159 Å². The van der Waals surface area contributed by atoms with Crippen molar-refractivity contribution in [2.45, 2.75) is 57.7 Å². The Morgan fingerprint density at radius 1 is 1.33 bits per heavy atom. The number of hydrogen-bond donors (Lipinski definition) is 1. The highest BCUT2D eigenvalue weighted by Gasteiger charge is 2.39. The summed E-state index contributed by atoms with van der Waals surface area (Å²) in [7, 11) is 0. The molecule has 2 aromatic heterocycles. The summed E-state index contributed by atoms with van der Waals surface area (Å²) in [5.41, 5.74) is 2.01. The highest BCUT2D eigenvalue weighted by molar-refractivity contribution is 5.96. The number of imidazole rings is 1. The van der Waals surface area contributed by atoms with Crippen molar-refractivity contribution >= 4 is 17.1 Å². The van der Waals surface area contributed by atoms with Crippen LogP contribution < -0.4 is 5.32 Å². The normalized spacial score (nSPS) is 22.4. The molecule has 146 valence electrons. The first-order valence-electron chi connectivity index (χ1n) is 9.88. The molecule has 0 aliphatic carbocycles. The number of amides is 1. The lowest BCUT2D eigenvalue weighted by Gasteiger charge is -2.43. The highest BCUT2D eigenvalue weighted by atomic mass is 16.5. The minimum absolute atomic E-state index is 0.0862. The second-order valence-electron chi connectivity index (χ2n) is 8.16. The van der Waals surface area contributed by atoms with E-state index in [4.69, 9.17) is 9.47 Å². The van der Waals surface area contributed by atoms with Crippen LogP contribution in [0.5, 0.6) is 0 Å². The maximum atomic E-state index is 12.8. The summed E-state index contributed by atoms with van der Waals surface area (Å²) in [6.07, 6.45) is 6.95. The monoisotopic (exact) mass is 372 g/mol. The first-order valence-corrected chi connectivity index (χ1v) is 9.88. The van der Waals surface area contributed by atoms with Crippen molar-refractivity contribution in [3.8, 4) is 0 Å². The van der Waals surface area contributed by atoms with Crippen LogP contribution in [0.1, 0.15) is 49.9 Å². The summed E-state index contributed by atoms with van der Waals surface area (Å²) in [6.45, 7) is 7.34. The van der Waals surface area contributed by atoms with Crippen molar-refractivity contribution in [1.82, 2.24) is 19.9 Å².